The molecule has 1 heterocycles. The van der Waals surface area contributed by atoms with Crippen LogP contribution >= 0.6 is 23.4 Å². The Bertz CT molecular complexity index is 1230. The molecule has 4 rings (SSSR count). The van der Waals surface area contributed by atoms with Crippen molar-refractivity contribution >= 4 is 52.2 Å². The molecule has 0 bridgehead atoms. The molecule has 8 heteroatoms. The van der Waals surface area contributed by atoms with Gasteiger partial charge in [-0.1, -0.05) is 60.1 Å². The Balaban J connectivity index is 1.39. The highest BCUT2D eigenvalue weighted by Gasteiger charge is 2.36. The Morgan fingerprint density at radius 1 is 0.971 bits per heavy atom. The maximum absolute atomic E-state index is 12.9. The summed E-state index contributed by atoms with van der Waals surface area (Å²) >= 11 is 6.75. The number of para-hydroxylation sites is 1. The summed E-state index contributed by atoms with van der Waals surface area (Å²) in [5.41, 5.74) is 2.19. The number of hydrogen-bond acceptors (Lipinski definition) is 5. The zero-order valence-corrected chi connectivity index (χ0v) is 19.6. The van der Waals surface area contributed by atoms with Gasteiger partial charge in [-0.3, -0.25) is 14.4 Å². The van der Waals surface area contributed by atoms with E-state index in [1.54, 1.807) is 54.6 Å². The minimum Gasteiger partial charge on any atom is -0.483 e. The number of nitrogens with zero attached hydrogens (tertiary/aromatic N) is 1. The summed E-state index contributed by atoms with van der Waals surface area (Å²) in [6.45, 7) is 0.345. The Morgan fingerprint density at radius 2 is 1.68 bits per heavy atom. The topological polar surface area (TPSA) is 75.7 Å². The van der Waals surface area contributed by atoms with Crippen molar-refractivity contribution < 1.29 is 19.1 Å². The largest absolute Gasteiger partial charge is 0.483 e. The van der Waals surface area contributed by atoms with Crippen LogP contribution in [0.2, 0.25) is 5.02 Å². The summed E-state index contributed by atoms with van der Waals surface area (Å²) in [7, 11) is 0. The average Bonchev–Trinajstić information content (AvgIpc) is 3.12. The minimum absolute atomic E-state index is 0.161. The van der Waals surface area contributed by atoms with E-state index in [1.807, 2.05) is 30.3 Å². The smallest absolute Gasteiger partial charge is 0.298 e. The van der Waals surface area contributed by atoms with Crippen molar-refractivity contribution in [3.05, 3.63) is 99.9 Å². The van der Waals surface area contributed by atoms with Crippen molar-refractivity contribution in [3.63, 3.8) is 0 Å². The van der Waals surface area contributed by atoms with E-state index in [4.69, 9.17) is 16.3 Å². The molecule has 3 aromatic carbocycles. The van der Waals surface area contributed by atoms with Crippen LogP contribution in [0.4, 0.5) is 10.5 Å². The van der Waals surface area contributed by atoms with Crippen LogP contribution in [0.15, 0.2) is 83.8 Å². The SMILES string of the molecule is O=C(COc1ccccc1/C=C1\SC(=O)N(c2ccc(Cl)cc2)C1=O)NCCc1ccccc1. The number of anilines is 1. The van der Waals surface area contributed by atoms with Gasteiger partial charge < -0.3 is 10.1 Å². The molecule has 1 N–H and O–H groups in total. The molecule has 3 amide bonds. The molecule has 1 saturated heterocycles. The van der Waals surface area contributed by atoms with E-state index in [1.165, 1.54) is 0 Å². The Labute approximate surface area is 206 Å². The van der Waals surface area contributed by atoms with E-state index in [2.05, 4.69) is 5.32 Å². The van der Waals surface area contributed by atoms with Gasteiger partial charge in [0.15, 0.2) is 6.61 Å². The Morgan fingerprint density at radius 3 is 2.44 bits per heavy atom. The molecule has 172 valence electrons. The highest BCUT2D eigenvalue weighted by Crippen LogP contribution is 2.37. The van der Waals surface area contributed by atoms with Gasteiger partial charge in [0, 0.05) is 17.1 Å². The zero-order valence-electron chi connectivity index (χ0n) is 18.1. The fourth-order valence-electron chi connectivity index (χ4n) is 3.34. The first-order valence-electron chi connectivity index (χ1n) is 10.6. The lowest BCUT2D eigenvalue weighted by molar-refractivity contribution is -0.123. The summed E-state index contributed by atoms with van der Waals surface area (Å²) in [5, 5.41) is 2.96. The quantitative estimate of drug-likeness (QED) is 0.431. The lowest BCUT2D eigenvalue weighted by Crippen LogP contribution is -2.30. The molecule has 6 nitrogen and oxygen atoms in total. The van der Waals surface area contributed by atoms with Gasteiger partial charge in [-0.05, 0) is 60.2 Å². The van der Waals surface area contributed by atoms with Crippen LogP contribution in [0.25, 0.3) is 6.08 Å². The number of ether oxygens (including phenoxy) is 1. The summed E-state index contributed by atoms with van der Waals surface area (Å²) < 4.78 is 5.71. The van der Waals surface area contributed by atoms with Gasteiger partial charge in [-0.25, -0.2) is 4.90 Å². The Hall–Kier alpha value is -3.55. The molecule has 1 fully saturated rings. The number of halogens is 1. The van der Waals surface area contributed by atoms with E-state index < -0.39 is 11.1 Å². The van der Waals surface area contributed by atoms with Gasteiger partial charge in [-0.15, -0.1) is 0 Å². The number of carbonyl (C=O) groups excluding carboxylic acids is 3. The molecule has 0 atom stereocenters. The molecular weight excluding hydrogens is 472 g/mol. The fourth-order valence-corrected chi connectivity index (χ4v) is 4.30. The van der Waals surface area contributed by atoms with Gasteiger partial charge in [0.25, 0.3) is 17.1 Å². The first-order valence-corrected chi connectivity index (χ1v) is 11.8. The van der Waals surface area contributed by atoms with Crippen molar-refractivity contribution in [2.24, 2.45) is 0 Å². The predicted molar refractivity (Wildman–Crippen MR) is 135 cm³/mol. The molecule has 34 heavy (non-hydrogen) atoms. The monoisotopic (exact) mass is 492 g/mol. The van der Waals surface area contributed by atoms with Crippen LogP contribution in [0, 0.1) is 0 Å². The summed E-state index contributed by atoms with van der Waals surface area (Å²) in [6, 6.07) is 23.4. The first kappa shape index (κ1) is 23.6. The van der Waals surface area contributed by atoms with Crippen molar-refractivity contribution in [1.82, 2.24) is 5.32 Å². The van der Waals surface area contributed by atoms with E-state index >= 15 is 0 Å². The molecule has 0 aromatic heterocycles. The third-order valence-corrected chi connectivity index (χ3v) is 6.14. The molecule has 1 aliphatic rings. The zero-order chi connectivity index (χ0) is 23.9. The van der Waals surface area contributed by atoms with Crippen LogP contribution in [-0.4, -0.2) is 30.2 Å². The predicted octanol–water partition coefficient (Wildman–Crippen LogP) is 5.32. The van der Waals surface area contributed by atoms with E-state index in [-0.39, 0.29) is 17.4 Å². The normalized spacial score (nSPS) is 14.5. The third kappa shape index (κ3) is 5.87. The van der Waals surface area contributed by atoms with Gasteiger partial charge in [-0.2, -0.15) is 0 Å². The second-order valence-electron chi connectivity index (χ2n) is 7.41. The van der Waals surface area contributed by atoms with Crippen molar-refractivity contribution in [2.45, 2.75) is 6.42 Å². The number of benzene rings is 3. The lowest BCUT2D eigenvalue weighted by Gasteiger charge is -2.12. The molecular formula is C26H21ClN2O4S. The fraction of sp³-hybridized carbons (Fsp3) is 0.115. The number of hydrogen-bond donors (Lipinski definition) is 1. The molecule has 0 aliphatic carbocycles. The van der Waals surface area contributed by atoms with Crippen molar-refractivity contribution in [1.29, 1.82) is 0 Å². The molecule has 0 spiro atoms. The number of nitrogens with one attached hydrogen (secondary N) is 1. The van der Waals surface area contributed by atoms with Crippen LogP contribution in [0.3, 0.4) is 0 Å². The number of thioether (sulfide) groups is 1. The lowest BCUT2D eigenvalue weighted by atomic mass is 10.1. The average molecular weight is 493 g/mol. The van der Waals surface area contributed by atoms with E-state index in [9.17, 15) is 14.4 Å². The number of rotatable bonds is 8. The van der Waals surface area contributed by atoms with Crippen molar-refractivity contribution in [2.75, 3.05) is 18.1 Å². The van der Waals surface area contributed by atoms with Crippen LogP contribution < -0.4 is 15.0 Å². The van der Waals surface area contributed by atoms with Gasteiger partial charge in [0.2, 0.25) is 0 Å². The summed E-state index contributed by atoms with van der Waals surface area (Å²) in [6.07, 6.45) is 2.33. The maximum atomic E-state index is 12.9. The Kier molecular flexibility index (Phi) is 7.67. The minimum atomic E-state index is -0.425. The van der Waals surface area contributed by atoms with Crippen LogP contribution in [0.1, 0.15) is 11.1 Å². The molecule has 0 radical (unpaired) electrons. The molecule has 3 aromatic rings. The standard InChI is InChI=1S/C26H21ClN2O4S/c27-20-10-12-21(13-11-20)29-25(31)23(34-26(29)32)16-19-8-4-5-9-22(19)33-17-24(30)28-15-14-18-6-2-1-3-7-18/h1-13,16H,14-15,17H2,(H,28,30)/b23-16-. The first-order chi connectivity index (χ1) is 16.5. The van der Waals surface area contributed by atoms with E-state index in [0.29, 0.717) is 28.6 Å². The van der Waals surface area contributed by atoms with Gasteiger partial charge in [0.1, 0.15) is 5.75 Å². The third-order valence-electron chi connectivity index (χ3n) is 5.02. The second kappa shape index (κ2) is 11.0. The maximum Gasteiger partial charge on any atom is 0.298 e. The van der Waals surface area contributed by atoms with Crippen LogP contribution in [-0.2, 0) is 16.0 Å². The van der Waals surface area contributed by atoms with Gasteiger partial charge in [0.05, 0.1) is 10.6 Å². The van der Waals surface area contributed by atoms with Gasteiger partial charge >= 0.3 is 0 Å². The molecule has 0 unspecified atom stereocenters. The van der Waals surface area contributed by atoms with Crippen LogP contribution in [0.5, 0.6) is 5.75 Å². The number of imide groups is 1. The van der Waals surface area contributed by atoms with Crippen molar-refractivity contribution in [3.8, 4) is 5.75 Å². The highest BCUT2D eigenvalue weighted by atomic mass is 35.5. The number of amides is 3. The molecule has 1 aliphatic heterocycles. The highest BCUT2D eigenvalue weighted by molar-refractivity contribution is 8.19. The second-order valence-corrected chi connectivity index (χ2v) is 8.84. The van der Waals surface area contributed by atoms with E-state index in [0.717, 1.165) is 28.6 Å². The summed E-state index contributed by atoms with van der Waals surface area (Å²) in [5.74, 6) is -0.224. The summed E-state index contributed by atoms with van der Waals surface area (Å²) in [4.78, 5) is 39.0. The number of carbonyl (C=O) groups is 3. The molecule has 0 saturated carbocycles.